The fraction of sp³-hybridized carbons (Fsp3) is 0.583. The lowest BCUT2D eigenvalue weighted by Gasteiger charge is -2.39. The summed E-state index contributed by atoms with van der Waals surface area (Å²) < 4.78 is 45.6. The number of aliphatic hydroxyl groups is 1. The molecule has 0 aliphatic heterocycles. The Morgan fingerprint density at radius 3 is 2.65 bits per heavy atom. The Morgan fingerprint density at radius 1 is 1.23 bits per heavy atom. The van der Waals surface area contributed by atoms with Crippen LogP contribution in [-0.2, 0) is 11.3 Å². The molecule has 7 heteroatoms. The molecule has 4 atom stereocenters. The first-order valence-corrected chi connectivity index (χ1v) is 11.4. The van der Waals surface area contributed by atoms with E-state index >= 15 is 0 Å². The number of halogens is 4. The lowest BCUT2D eigenvalue weighted by atomic mass is 9.90. The van der Waals surface area contributed by atoms with Crippen LogP contribution in [0.15, 0.2) is 53.1 Å². The van der Waals surface area contributed by atoms with E-state index in [9.17, 15) is 18.3 Å². The maximum Gasteiger partial charge on any atom is 0.415 e. The van der Waals surface area contributed by atoms with E-state index in [2.05, 4.69) is 13.0 Å². The number of rotatable bonds is 8. The summed E-state index contributed by atoms with van der Waals surface area (Å²) in [6.07, 6.45) is 1.75. The number of hydrogen-bond donors (Lipinski definition) is 1. The van der Waals surface area contributed by atoms with Crippen LogP contribution in [0.3, 0.4) is 0 Å². The second kappa shape index (κ2) is 11.0. The number of ether oxygens (including phenoxy) is 1. The van der Waals surface area contributed by atoms with Crippen molar-refractivity contribution in [2.45, 2.75) is 82.5 Å². The zero-order valence-corrected chi connectivity index (χ0v) is 18.6. The van der Waals surface area contributed by atoms with Gasteiger partial charge in [-0.25, -0.2) is 0 Å². The van der Waals surface area contributed by atoms with Gasteiger partial charge in [0.1, 0.15) is 0 Å². The first-order chi connectivity index (χ1) is 14.8. The molecule has 2 aliphatic rings. The highest BCUT2D eigenvalue weighted by atomic mass is 35.5. The van der Waals surface area contributed by atoms with Gasteiger partial charge in [-0.3, -0.25) is 4.90 Å². The van der Waals surface area contributed by atoms with Gasteiger partial charge in [0.15, 0.2) is 6.10 Å². The summed E-state index contributed by atoms with van der Waals surface area (Å²) >= 11 is 6.23. The smallest absolute Gasteiger partial charge is 0.382 e. The second-order valence-electron chi connectivity index (χ2n) is 8.42. The number of benzene rings is 1. The number of hydrogen-bond acceptors (Lipinski definition) is 3. The maximum atomic E-state index is 13.1. The van der Waals surface area contributed by atoms with E-state index in [-0.39, 0.29) is 18.2 Å². The summed E-state index contributed by atoms with van der Waals surface area (Å²) in [6, 6.07) is 9.36. The monoisotopic (exact) mass is 457 g/mol. The summed E-state index contributed by atoms with van der Waals surface area (Å²) in [4.78, 5) is 1.77. The molecule has 0 amide bonds. The van der Waals surface area contributed by atoms with Gasteiger partial charge >= 0.3 is 6.18 Å². The van der Waals surface area contributed by atoms with Crippen molar-refractivity contribution in [2.24, 2.45) is 0 Å². The van der Waals surface area contributed by atoms with Gasteiger partial charge < -0.3 is 9.84 Å². The van der Waals surface area contributed by atoms with Crippen molar-refractivity contribution in [1.29, 1.82) is 0 Å². The lowest BCUT2D eigenvalue weighted by Crippen LogP contribution is -2.47. The van der Waals surface area contributed by atoms with Crippen LogP contribution in [0.2, 0.25) is 0 Å². The molecule has 172 valence electrons. The number of aliphatic hydroxyl groups excluding tert-OH is 1. The van der Waals surface area contributed by atoms with E-state index < -0.39 is 18.8 Å². The maximum absolute atomic E-state index is 13.1. The molecule has 0 bridgehead atoms. The summed E-state index contributed by atoms with van der Waals surface area (Å²) in [7, 11) is 0. The first-order valence-electron chi connectivity index (χ1n) is 11.0. The molecule has 2 aliphatic carbocycles. The third-order valence-electron chi connectivity index (χ3n) is 6.10. The molecule has 1 N–H and O–H groups in total. The zero-order valence-electron chi connectivity index (χ0n) is 17.8. The van der Waals surface area contributed by atoms with Gasteiger partial charge in [-0.1, -0.05) is 61.0 Å². The molecule has 0 heterocycles. The molecular formula is C24H31ClF3NO2. The van der Waals surface area contributed by atoms with Crippen molar-refractivity contribution in [3.63, 3.8) is 0 Å². The van der Waals surface area contributed by atoms with Gasteiger partial charge in [-0.05, 0) is 49.7 Å². The second-order valence-corrected chi connectivity index (χ2v) is 8.83. The van der Waals surface area contributed by atoms with Gasteiger partial charge in [0.25, 0.3) is 0 Å². The molecule has 31 heavy (non-hydrogen) atoms. The predicted molar refractivity (Wildman–Crippen MR) is 117 cm³/mol. The molecule has 0 radical (unpaired) electrons. The summed E-state index contributed by atoms with van der Waals surface area (Å²) in [5.74, 6) is 0. The van der Waals surface area contributed by atoms with E-state index in [1.54, 1.807) is 4.90 Å². The SMILES string of the molecule is CCC1=CC(OC2CCCC(N(Cc3ccccc3)CC(O)C(F)(F)F)C2)CC=C1Cl. The Bertz CT molecular complexity index is 766. The van der Waals surface area contributed by atoms with Gasteiger partial charge in [-0.2, -0.15) is 13.2 Å². The average Bonchev–Trinajstić information content (AvgIpc) is 2.75. The Balaban J connectivity index is 1.67. The summed E-state index contributed by atoms with van der Waals surface area (Å²) in [6.45, 7) is 1.99. The Morgan fingerprint density at radius 2 is 1.97 bits per heavy atom. The van der Waals surface area contributed by atoms with Crippen LogP contribution >= 0.6 is 11.6 Å². The Labute approximate surface area is 187 Å². The Hall–Kier alpha value is -1.34. The van der Waals surface area contributed by atoms with Crippen molar-refractivity contribution in [3.8, 4) is 0 Å². The van der Waals surface area contributed by atoms with E-state index in [0.717, 1.165) is 41.9 Å². The molecule has 0 aromatic heterocycles. The van der Waals surface area contributed by atoms with Crippen molar-refractivity contribution >= 4 is 11.6 Å². The van der Waals surface area contributed by atoms with E-state index in [4.69, 9.17) is 16.3 Å². The summed E-state index contributed by atoms with van der Waals surface area (Å²) in [5, 5.41) is 10.5. The predicted octanol–water partition coefficient (Wildman–Crippen LogP) is 5.97. The van der Waals surface area contributed by atoms with Crippen LogP contribution in [0, 0.1) is 0 Å². The van der Waals surface area contributed by atoms with E-state index in [1.165, 1.54) is 0 Å². The molecule has 1 saturated carbocycles. The minimum absolute atomic E-state index is 0.0234. The third kappa shape index (κ3) is 7.07. The van der Waals surface area contributed by atoms with Crippen LogP contribution < -0.4 is 0 Å². The van der Waals surface area contributed by atoms with Gasteiger partial charge in [0.2, 0.25) is 0 Å². The molecule has 1 aromatic rings. The number of alkyl halides is 3. The standard InChI is InChI=1S/C24H31ClF3NO2/c1-2-18-13-21(11-12-22(18)25)31-20-10-6-9-19(14-20)29(16-23(30)24(26,27)28)15-17-7-4-3-5-8-17/h3-5,7-8,12-13,19-21,23,30H,2,6,9-11,14-16H2,1H3. The minimum Gasteiger partial charge on any atom is -0.382 e. The molecule has 1 fully saturated rings. The average molecular weight is 458 g/mol. The van der Waals surface area contributed by atoms with Crippen LogP contribution in [0.1, 0.15) is 51.0 Å². The van der Waals surface area contributed by atoms with Gasteiger partial charge in [0, 0.05) is 24.2 Å². The minimum atomic E-state index is -4.63. The molecular weight excluding hydrogens is 427 g/mol. The fourth-order valence-corrected chi connectivity index (χ4v) is 4.70. The quantitative estimate of drug-likeness (QED) is 0.522. The number of allylic oxidation sites excluding steroid dienone is 2. The van der Waals surface area contributed by atoms with Gasteiger partial charge in [0.05, 0.1) is 12.2 Å². The largest absolute Gasteiger partial charge is 0.415 e. The van der Waals surface area contributed by atoms with E-state index in [0.29, 0.717) is 19.4 Å². The highest BCUT2D eigenvalue weighted by Gasteiger charge is 2.41. The number of nitrogens with zero attached hydrogens (tertiary/aromatic N) is 1. The molecule has 1 aromatic carbocycles. The molecule has 3 rings (SSSR count). The topological polar surface area (TPSA) is 32.7 Å². The Kier molecular flexibility index (Phi) is 8.62. The van der Waals surface area contributed by atoms with Crippen molar-refractivity contribution < 1.29 is 23.0 Å². The van der Waals surface area contributed by atoms with Gasteiger partial charge in [-0.15, -0.1) is 0 Å². The van der Waals surface area contributed by atoms with Crippen LogP contribution in [-0.4, -0.2) is 47.1 Å². The zero-order chi connectivity index (χ0) is 22.4. The van der Waals surface area contributed by atoms with Crippen LogP contribution in [0.4, 0.5) is 13.2 Å². The normalized spacial score (nSPS) is 25.8. The van der Waals surface area contributed by atoms with Crippen molar-refractivity contribution in [3.05, 3.63) is 58.7 Å². The van der Waals surface area contributed by atoms with Crippen molar-refractivity contribution in [1.82, 2.24) is 4.90 Å². The van der Waals surface area contributed by atoms with E-state index in [1.807, 2.05) is 36.4 Å². The highest BCUT2D eigenvalue weighted by molar-refractivity contribution is 6.32. The fourth-order valence-electron chi connectivity index (χ4n) is 4.41. The first kappa shape index (κ1) is 24.3. The lowest BCUT2D eigenvalue weighted by molar-refractivity contribution is -0.210. The van der Waals surface area contributed by atoms with Crippen LogP contribution in [0.5, 0.6) is 0 Å². The highest BCUT2D eigenvalue weighted by Crippen LogP contribution is 2.32. The van der Waals surface area contributed by atoms with Crippen LogP contribution in [0.25, 0.3) is 0 Å². The third-order valence-corrected chi connectivity index (χ3v) is 6.50. The molecule has 3 nitrogen and oxygen atoms in total. The summed E-state index contributed by atoms with van der Waals surface area (Å²) in [5.41, 5.74) is 2.01. The van der Waals surface area contributed by atoms with Crippen molar-refractivity contribution in [2.75, 3.05) is 6.54 Å². The molecule has 0 saturated heterocycles. The molecule has 0 spiro atoms. The molecule has 4 unspecified atom stereocenters.